The Kier molecular flexibility index (Phi) is 8.32. The average Bonchev–Trinajstić information content (AvgIpc) is 2.74. The molecule has 1 N–H and O–H groups in total. The van der Waals surface area contributed by atoms with Crippen molar-refractivity contribution in [3.8, 4) is 11.5 Å². The lowest BCUT2D eigenvalue weighted by Gasteiger charge is -2.13. The van der Waals surface area contributed by atoms with E-state index in [4.69, 9.17) is 25.8 Å². The lowest BCUT2D eigenvalue weighted by atomic mass is 10.2. The molecule has 1 amide bonds. The molecule has 166 valence electrons. The number of benzene rings is 2. The Morgan fingerprint density at radius 2 is 1.90 bits per heavy atom. The van der Waals surface area contributed by atoms with Gasteiger partial charge in [0.2, 0.25) is 0 Å². The maximum atomic E-state index is 13.6. The molecule has 0 aliphatic rings. The SMILES string of the molecule is CCOc1c(Cl)cc(C=CC(=O)OC(C)C(=O)Nc2ccc(F)c(F)c2F)cc1OC. The molecular formula is C21H19ClF3NO5. The minimum absolute atomic E-state index is 0.274. The number of ether oxygens (including phenoxy) is 3. The van der Waals surface area contributed by atoms with Crippen LogP contribution in [0.2, 0.25) is 5.02 Å². The summed E-state index contributed by atoms with van der Waals surface area (Å²) in [6, 6.07) is 4.64. The van der Waals surface area contributed by atoms with Gasteiger partial charge < -0.3 is 19.5 Å². The number of amides is 1. The van der Waals surface area contributed by atoms with E-state index in [0.717, 1.165) is 12.1 Å². The van der Waals surface area contributed by atoms with Crippen LogP contribution >= 0.6 is 11.6 Å². The number of halogens is 4. The molecule has 10 heteroatoms. The highest BCUT2D eigenvalue weighted by Gasteiger charge is 2.20. The molecule has 0 aliphatic heterocycles. The Balaban J connectivity index is 2.03. The van der Waals surface area contributed by atoms with Crippen molar-refractivity contribution in [1.29, 1.82) is 0 Å². The maximum absolute atomic E-state index is 13.6. The molecule has 0 fully saturated rings. The molecule has 0 radical (unpaired) electrons. The molecule has 0 heterocycles. The second-order valence-electron chi connectivity index (χ2n) is 6.09. The molecule has 1 unspecified atom stereocenters. The molecule has 2 aromatic rings. The van der Waals surface area contributed by atoms with Gasteiger partial charge in [-0.25, -0.2) is 18.0 Å². The van der Waals surface area contributed by atoms with Crippen LogP contribution in [0.4, 0.5) is 18.9 Å². The third kappa shape index (κ3) is 6.14. The molecule has 0 aromatic heterocycles. The highest BCUT2D eigenvalue weighted by atomic mass is 35.5. The fourth-order valence-electron chi connectivity index (χ4n) is 2.41. The minimum atomic E-state index is -1.73. The summed E-state index contributed by atoms with van der Waals surface area (Å²) in [6.45, 7) is 3.40. The molecule has 2 aromatic carbocycles. The van der Waals surface area contributed by atoms with Crippen molar-refractivity contribution in [2.24, 2.45) is 0 Å². The Morgan fingerprint density at radius 1 is 1.19 bits per heavy atom. The van der Waals surface area contributed by atoms with Crippen LogP contribution in [0, 0.1) is 17.5 Å². The van der Waals surface area contributed by atoms with Gasteiger partial charge in [-0.05, 0) is 49.8 Å². The number of methoxy groups -OCH3 is 1. The van der Waals surface area contributed by atoms with Crippen molar-refractivity contribution < 1.29 is 37.0 Å². The third-order valence-corrected chi connectivity index (χ3v) is 4.19. The van der Waals surface area contributed by atoms with E-state index < -0.39 is 41.1 Å². The standard InChI is InChI=1S/C21H19ClF3NO5/c1-4-30-20-13(22)9-12(10-16(20)29-3)5-8-17(27)31-11(2)21(28)26-15-7-6-14(23)18(24)19(15)25/h5-11H,4H2,1-3H3,(H,26,28). The van der Waals surface area contributed by atoms with Gasteiger partial charge in [0.1, 0.15) is 0 Å². The number of nitrogens with one attached hydrogen (secondary N) is 1. The summed E-state index contributed by atoms with van der Waals surface area (Å²) >= 11 is 6.16. The van der Waals surface area contributed by atoms with Crippen LogP contribution in [0.1, 0.15) is 19.4 Å². The maximum Gasteiger partial charge on any atom is 0.331 e. The highest BCUT2D eigenvalue weighted by molar-refractivity contribution is 6.32. The van der Waals surface area contributed by atoms with Gasteiger partial charge in [-0.15, -0.1) is 0 Å². The van der Waals surface area contributed by atoms with Gasteiger partial charge in [-0.1, -0.05) is 11.6 Å². The summed E-state index contributed by atoms with van der Waals surface area (Å²) in [7, 11) is 1.44. The van der Waals surface area contributed by atoms with Crippen molar-refractivity contribution >= 4 is 35.2 Å². The monoisotopic (exact) mass is 457 g/mol. The van der Waals surface area contributed by atoms with Crippen molar-refractivity contribution in [3.63, 3.8) is 0 Å². The summed E-state index contributed by atoms with van der Waals surface area (Å²) in [5, 5.41) is 2.30. The molecule has 31 heavy (non-hydrogen) atoms. The van der Waals surface area contributed by atoms with E-state index in [-0.39, 0.29) is 5.02 Å². The van der Waals surface area contributed by atoms with Crippen LogP contribution < -0.4 is 14.8 Å². The summed E-state index contributed by atoms with van der Waals surface area (Å²) in [6.07, 6.45) is 1.09. The van der Waals surface area contributed by atoms with Crippen LogP contribution in [0.3, 0.4) is 0 Å². The molecule has 0 spiro atoms. The molecule has 0 bridgehead atoms. The number of carbonyl (C=O) groups is 2. The lowest BCUT2D eigenvalue weighted by Crippen LogP contribution is -2.29. The number of anilines is 1. The van der Waals surface area contributed by atoms with Crippen LogP contribution in [0.5, 0.6) is 11.5 Å². The van der Waals surface area contributed by atoms with Gasteiger partial charge in [0, 0.05) is 6.08 Å². The predicted octanol–water partition coefficient (Wildman–Crippen LogP) is 4.75. The number of hydrogen-bond donors (Lipinski definition) is 1. The first-order chi connectivity index (χ1) is 14.7. The molecular weight excluding hydrogens is 439 g/mol. The Morgan fingerprint density at radius 3 is 2.55 bits per heavy atom. The quantitative estimate of drug-likeness (QED) is 0.352. The van der Waals surface area contributed by atoms with E-state index in [1.165, 1.54) is 20.1 Å². The zero-order valence-electron chi connectivity index (χ0n) is 16.8. The van der Waals surface area contributed by atoms with Gasteiger partial charge in [-0.2, -0.15) is 0 Å². The first kappa shape index (κ1) is 24.1. The number of carbonyl (C=O) groups excluding carboxylic acids is 2. The van der Waals surface area contributed by atoms with Gasteiger partial charge in [0.25, 0.3) is 5.91 Å². The summed E-state index contributed by atoms with van der Waals surface area (Å²) in [4.78, 5) is 24.1. The summed E-state index contributed by atoms with van der Waals surface area (Å²) < 4.78 is 55.4. The smallest absolute Gasteiger partial charge is 0.331 e. The van der Waals surface area contributed by atoms with Crippen LogP contribution in [0.25, 0.3) is 6.08 Å². The van der Waals surface area contributed by atoms with E-state index in [9.17, 15) is 22.8 Å². The van der Waals surface area contributed by atoms with E-state index in [1.54, 1.807) is 19.1 Å². The topological polar surface area (TPSA) is 73.9 Å². The zero-order valence-corrected chi connectivity index (χ0v) is 17.6. The van der Waals surface area contributed by atoms with Crippen molar-refractivity contribution in [1.82, 2.24) is 0 Å². The normalized spacial score (nSPS) is 11.8. The Labute approximate surface area is 181 Å². The van der Waals surface area contributed by atoms with Gasteiger partial charge in [0.15, 0.2) is 35.1 Å². The largest absolute Gasteiger partial charge is 0.493 e. The fourth-order valence-corrected chi connectivity index (χ4v) is 2.68. The number of hydrogen-bond acceptors (Lipinski definition) is 5. The summed E-state index contributed by atoms with van der Waals surface area (Å²) in [5.41, 5.74) is -0.0818. The van der Waals surface area contributed by atoms with Crippen LogP contribution in [0.15, 0.2) is 30.3 Å². The van der Waals surface area contributed by atoms with Crippen molar-refractivity contribution in [3.05, 3.63) is 58.4 Å². The molecule has 0 saturated carbocycles. The van der Waals surface area contributed by atoms with E-state index in [0.29, 0.717) is 29.7 Å². The van der Waals surface area contributed by atoms with E-state index in [1.807, 2.05) is 5.32 Å². The minimum Gasteiger partial charge on any atom is -0.493 e. The number of esters is 1. The van der Waals surface area contributed by atoms with Gasteiger partial charge in [-0.3, -0.25) is 4.79 Å². The van der Waals surface area contributed by atoms with Gasteiger partial charge >= 0.3 is 5.97 Å². The predicted molar refractivity (Wildman–Crippen MR) is 109 cm³/mol. The zero-order chi connectivity index (χ0) is 23.1. The highest BCUT2D eigenvalue weighted by Crippen LogP contribution is 2.36. The van der Waals surface area contributed by atoms with Crippen molar-refractivity contribution in [2.75, 3.05) is 19.0 Å². The molecule has 2 rings (SSSR count). The fraction of sp³-hybridized carbons (Fsp3) is 0.238. The number of rotatable bonds is 8. The van der Waals surface area contributed by atoms with E-state index in [2.05, 4.69) is 0 Å². The van der Waals surface area contributed by atoms with E-state index >= 15 is 0 Å². The summed E-state index contributed by atoms with van der Waals surface area (Å²) in [5.74, 6) is -5.77. The Hall–Kier alpha value is -3.20. The van der Waals surface area contributed by atoms with Crippen LogP contribution in [-0.2, 0) is 14.3 Å². The third-order valence-electron chi connectivity index (χ3n) is 3.91. The Bertz CT molecular complexity index is 1010. The second-order valence-corrected chi connectivity index (χ2v) is 6.50. The van der Waals surface area contributed by atoms with Crippen LogP contribution in [-0.4, -0.2) is 31.7 Å². The molecule has 0 aliphatic carbocycles. The van der Waals surface area contributed by atoms with Crippen molar-refractivity contribution in [2.45, 2.75) is 20.0 Å². The molecule has 6 nitrogen and oxygen atoms in total. The molecule has 0 saturated heterocycles. The second kappa shape index (κ2) is 10.7. The first-order valence-electron chi connectivity index (χ1n) is 9.01. The first-order valence-corrected chi connectivity index (χ1v) is 9.39. The lowest BCUT2D eigenvalue weighted by molar-refractivity contribution is -0.148. The average molecular weight is 458 g/mol. The van der Waals surface area contributed by atoms with Gasteiger partial charge in [0.05, 0.1) is 24.4 Å². The molecule has 1 atom stereocenters.